The Balaban J connectivity index is 0.00000210. The highest BCUT2D eigenvalue weighted by Crippen LogP contribution is 2.35. The van der Waals surface area contributed by atoms with E-state index in [0.717, 1.165) is 35.7 Å². The molecule has 0 amide bonds. The van der Waals surface area contributed by atoms with Crippen LogP contribution < -0.4 is 10.2 Å². The lowest BCUT2D eigenvalue weighted by atomic mass is 9.93. The van der Waals surface area contributed by atoms with Crippen LogP contribution in [0, 0.1) is 13.8 Å². The molecular weight excluding hydrogens is 356 g/mol. The summed E-state index contributed by atoms with van der Waals surface area (Å²) in [6, 6.07) is 19.1. The summed E-state index contributed by atoms with van der Waals surface area (Å²) in [6.07, 6.45) is 1.05. The first-order chi connectivity index (χ1) is 12.6. The van der Waals surface area contributed by atoms with E-state index in [1.807, 2.05) is 30.3 Å². The van der Waals surface area contributed by atoms with Gasteiger partial charge in [0, 0.05) is 23.5 Å². The molecule has 4 nitrogen and oxygen atoms in total. The van der Waals surface area contributed by atoms with Crippen LogP contribution >= 0.6 is 12.4 Å². The molecule has 0 bridgehead atoms. The Morgan fingerprint density at radius 3 is 2.44 bits per heavy atom. The average molecular weight is 381 g/mol. The first-order valence-corrected chi connectivity index (χ1v) is 9.15. The van der Waals surface area contributed by atoms with E-state index in [1.54, 1.807) is 0 Å². The lowest BCUT2D eigenvalue weighted by Gasteiger charge is -2.37. The number of hydrogen-bond donors (Lipinski definition) is 1. The van der Waals surface area contributed by atoms with Crippen LogP contribution in [0.3, 0.4) is 0 Å². The summed E-state index contributed by atoms with van der Waals surface area (Å²) in [4.78, 5) is 11.9. The Kier molecular flexibility index (Phi) is 5.66. The van der Waals surface area contributed by atoms with E-state index in [9.17, 15) is 0 Å². The van der Waals surface area contributed by atoms with E-state index in [2.05, 4.69) is 60.2 Å². The fourth-order valence-electron chi connectivity index (χ4n) is 3.66. The topological polar surface area (TPSA) is 41.1 Å². The minimum Gasteiger partial charge on any atom is -0.349 e. The van der Waals surface area contributed by atoms with Crippen LogP contribution in [0.4, 0.5) is 17.5 Å². The van der Waals surface area contributed by atoms with E-state index < -0.39 is 0 Å². The number of para-hydroxylation sites is 1. The van der Waals surface area contributed by atoms with E-state index >= 15 is 0 Å². The van der Waals surface area contributed by atoms with Gasteiger partial charge in [-0.05, 0) is 50.5 Å². The zero-order valence-electron chi connectivity index (χ0n) is 15.9. The zero-order chi connectivity index (χ0) is 18.1. The number of anilines is 3. The van der Waals surface area contributed by atoms with Crippen molar-refractivity contribution in [3.8, 4) is 0 Å². The van der Waals surface area contributed by atoms with Crippen LogP contribution in [0.25, 0.3) is 0 Å². The maximum absolute atomic E-state index is 4.88. The summed E-state index contributed by atoms with van der Waals surface area (Å²) in [7, 11) is 0. The average Bonchev–Trinajstić information content (AvgIpc) is 2.66. The molecule has 4 rings (SSSR count). The highest BCUT2D eigenvalue weighted by Gasteiger charge is 2.26. The first kappa shape index (κ1) is 19.2. The van der Waals surface area contributed by atoms with Crippen molar-refractivity contribution in [2.24, 2.45) is 0 Å². The molecule has 140 valence electrons. The van der Waals surface area contributed by atoms with Gasteiger partial charge in [0.2, 0.25) is 5.95 Å². The molecule has 27 heavy (non-hydrogen) atoms. The van der Waals surface area contributed by atoms with Crippen molar-refractivity contribution in [3.05, 3.63) is 77.0 Å². The molecule has 0 saturated heterocycles. The van der Waals surface area contributed by atoms with Crippen LogP contribution in [0.1, 0.15) is 35.3 Å². The molecule has 1 N–H and O–H groups in total. The van der Waals surface area contributed by atoms with Gasteiger partial charge in [0.25, 0.3) is 0 Å². The summed E-state index contributed by atoms with van der Waals surface area (Å²) in [6.45, 7) is 7.41. The largest absolute Gasteiger partial charge is 0.349 e. The van der Waals surface area contributed by atoms with Crippen molar-refractivity contribution in [2.45, 2.75) is 33.2 Å². The van der Waals surface area contributed by atoms with Crippen molar-refractivity contribution >= 4 is 29.9 Å². The molecule has 0 radical (unpaired) electrons. The summed E-state index contributed by atoms with van der Waals surface area (Å²) in [5, 5.41) is 3.34. The molecule has 1 aromatic heterocycles. The summed E-state index contributed by atoms with van der Waals surface area (Å²) >= 11 is 0. The molecule has 5 heteroatoms. The highest BCUT2D eigenvalue weighted by atomic mass is 35.5. The van der Waals surface area contributed by atoms with Gasteiger partial charge in [-0.1, -0.05) is 42.5 Å². The number of rotatable bonds is 3. The van der Waals surface area contributed by atoms with Crippen molar-refractivity contribution in [1.29, 1.82) is 0 Å². The second-order valence-corrected chi connectivity index (χ2v) is 6.89. The Bertz CT molecular complexity index is 927. The van der Waals surface area contributed by atoms with Crippen molar-refractivity contribution < 1.29 is 0 Å². The van der Waals surface area contributed by atoms with Gasteiger partial charge in [-0.25, -0.2) is 4.98 Å². The van der Waals surface area contributed by atoms with E-state index in [1.165, 1.54) is 11.1 Å². The molecule has 0 fully saturated rings. The molecule has 1 aliphatic heterocycles. The predicted octanol–water partition coefficient (Wildman–Crippen LogP) is 5.38. The molecule has 0 spiro atoms. The Labute approximate surface area is 167 Å². The van der Waals surface area contributed by atoms with Gasteiger partial charge >= 0.3 is 0 Å². The highest BCUT2D eigenvalue weighted by molar-refractivity contribution is 5.85. The number of fused-ring (bicyclic) bond motifs is 1. The molecule has 1 unspecified atom stereocenters. The monoisotopic (exact) mass is 380 g/mol. The van der Waals surface area contributed by atoms with E-state index in [0.29, 0.717) is 12.0 Å². The lowest BCUT2D eigenvalue weighted by Crippen LogP contribution is -2.35. The Hall–Kier alpha value is -2.59. The SMILES string of the molecule is Cc1nc(Nc2ccccc2)nc(N2CCc3ccccc3C2C)c1C.Cl. The zero-order valence-corrected chi connectivity index (χ0v) is 16.8. The van der Waals surface area contributed by atoms with Crippen molar-refractivity contribution in [1.82, 2.24) is 9.97 Å². The third-order valence-electron chi connectivity index (χ3n) is 5.26. The summed E-state index contributed by atoms with van der Waals surface area (Å²) in [5.41, 5.74) is 6.00. The van der Waals surface area contributed by atoms with Gasteiger partial charge in [-0.15, -0.1) is 12.4 Å². The quantitative estimate of drug-likeness (QED) is 0.662. The predicted molar refractivity (Wildman–Crippen MR) is 114 cm³/mol. The molecule has 1 aliphatic rings. The standard InChI is InChI=1S/C22H24N4.ClH/c1-15-16(2)23-22(24-19-10-5-4-6-11-19)25-21(15)26-14-13-18-9-7-8-12-20(18)17(26)3;/h4-12,17H,13-14H2,1-3H3,(H,23,24,25);1H. The number of aryl methyl sites for hydroxylation is 1. The van der Waals surface area contributed by atoms with Crippen LogP contribution in [0.2, 0.25) is 0 Å². The number of nitrogens with zero attached hydrogens (tertiary/aromatic N) is 3. The first-order valence-electron chi connectivity index (χ1n) is 9.15. The number of halogens is 1. The fraction of sp³-hybridized carbons (Fsp3) is 0.273. The van der Waals surface area contributed by atoms with Crippen LogP contribution in [-0.4, -0.2) is 16.5 Å². The van der Waals surface area contributed by atoms with E-state index in [-0.39, 0.29) is 12.4 Å². The Morgan fingerprint density at radius 2 is 1.67 bits per heavy atom. The van der Waals surface area contributed by atoms with Crippen LogP contribution in [0.15, 0.2) is 54.6 Å². The number of aromatic nitrogens is 2. The summed E-state index contributed by atoms with van der Waals surface area (Å²) in [5.74, 6) is 1.68. The third kappa shape index (κ3) is 3.76. The molecular formula is C22H25ClN4. The molecule has 3 aromatic rings. The number of benzene rings is 2. The maximum atomic E-state index is 4.88. The molecule has 2 heterocycles. The smallest absolute Gasteiger partial charge is 0.229 e. The minimum atomic E-state index is 0. The Morgan fingerprint density at radius 1 is 0.963 bits per heavy atom. The molecule has 1 atom stereocenters. The maximum Gasteiger partial charge on any atom is 0.229 e. The van der Waals surface area contributed by atoms with E-state index in [4.69, 9.17) is 4.98 Å². The van der Waals surface area contributed by atoms with Crippen LogP contribution in [0.5, 0.6) is 0 Å². The van der Waals surface area contributed by atoms with Gasteiger partial charge in [-0.2, -0.15) is 4.98 Å². The number of nitrogens with one attached hydrogen (secondary N) is 1. The second kappa shape index (κ2) is 7.97. The van der Waals surface area contributed by atoms with Crippen LogP contribution in [-0.2, 0) is 6.42 Å². The molecule has 0 aliphatic carbocycles. The number of hydrogen-bond acceptors (Lipinski definition) is 4. The van der Waals surface area contributed by atoms with Gasteiger partial charge < -0.3 is 10.2 Å². The van der Waals surface area contributed by atoms with Gasteiger partial charge in [0.15, 0.2) is 0 Å². The van der Waals surface area contributed by atoms with Gasteiger partial charge in [-0.3, -0.25) is 0 Å². The third-order valence-corrected chi connectivity index (χ3v) is 5.26. The van der Waals surface area contributed by atoms with Crippen molar-refractivity contribution in [3.63, 3.8) is 0 Å². The van der Waals surface area contributed by atoms with Gasteiger partial charge in [0.05, 0.1) is 6.04 Å². The van der Waals surface area contributed by atoms with Crippen molar-refractivity contribution in [2.75, 3.05) is 16.8 Å². The molecule has 0 saturated carbocycles. The van der Waals surface area contributed by atoms with Gasteiger partial charge in [0.1, 0.15) is 5.82 Å². The summed E-state index contributed by atoms with van der Waals surface area (Å²) < 4.78 is 0. The minimum absolute atomic E-state index is 0. The lowest BCUT2D eigenvalue weighted by molar-refractivity contribution is 0.614. The molecule has 2 aromatic carbocycles. The normalized spacial score (nSPS) is 15.7. The fourth-order valence-corrected chi connectivity index (χ4v) is 3.66. The second-order valence-electron chi connectivity index (χ2n) is 6.89.